The molecule has 0 aromatic heterocycles. The van der Waals surface area contributed by atoms with Crippen LogP contribution in [-0.2, 0) is 11.3 Å². The number of piperazine rings is 1. The third kappa shape index (κ3) is 3.67. The van der Waals surface area contributed by atoms with Crippen molar-refractivity contribution in [1.29, 1.82) is 0 Å². The summed E-state index contributed by atoms with van der Waals surface area (Å²) in [5.41, 5.74) is 1.66. The Balaban J connectivity index is 2.06. The first-order valence-electron chi connectivity index (χ1n) is 6.87. The molecule has 1 unspecified atom stereocenters. The lowest BCUT2D eigenvalue weighted by molar-refractivity contribution is 0.254. The van der Waals surface area contributed by atoms with Gasteiger partial charge in [-0.25, -0.2) is 9.18 Å². The smallest absolute Gasteiger partial charge is 0.147 e. The summed E-state index contributed by atoms with van der Waals surface area (Å²) in [5, 5.41) is 6.43. The van der Waals surface area contributed by atoms with Crippen LogP contribution in [0.25, 0.3) is 0 Å². The molecule has 0 radical (unpaired) electrons. The van der Waals surface area contributed by atoms with Gasteiger partial charge in [0.15, 0.2) is 0 Å². The Kier molecular flexibility index (Phi) is 5.30. The predicted molar refractivity (Wildman–Crippen MR) is 76.4 cm³/mol. The molecule has 0 amide bonds. The molecule has 1 aromatic carbocycles. The quantitative estimate of drug-likeness (QED) is 0.786. The molecule has 1 fully saturated rings. The van der Waals surface area contributed by atoms with Crippen molar-refractivity contribution < 1.29 is 9.18 Å². The zero-order valence-corrected chi connectivity index (χ0v) is 11.7. The number of hydrogen-bond donors (Lipinski definition) is 2. The third-order valence-corrected chi connectivity index (χ3v) is 3.52. The zero-order chi connectivity index (χ0) is 14.4. The lowest BCUT2D eigenvalue weighted by atomic mass is 10.1. The van der Waals surface area contributed by atoms with E-state index in [1.54, 1.807) is 12.1 Å². The molecule has 1 aromatic rings. The summed E-state index contributed by atoms with van der Waals surface area (Å²) in [6.45, 7) is 3.05. The first-order valence-corrected chi connectivity index (χ1v) is 6.87. The second kappa shape index (κ2) is 7.20. The van der Waals surface area contributed by atoms with Gasteiger partial charge in [-0.15, -0.1) is 0 Å². The molecule has 2 rings (SSSR count). The molecule has 0 saturated carbocycles. The molecule has 20 heavy (non-hydrogen) atoms. The van der Waals surface area contributed by atoms with Crippen LogP contribution >= 0.6 is 0 Å². The third-order valence-electron chi connectivity index (χ3n) is 3.52. The highest BCUT2D eigenvalue weighted by Gasteiger charge is 2.25. The average Bonchev–Trinajstić information content (AvgIpc) is 2.47. The van der Waals surface area contributed by atoms with Crippen LogP contribution in [-0.4, -0.2) is 43.6 Å². The van der Waals surface area contributed by atoms with Crippen molar-refractivity contribution in [1.82, 2.24) is 15.5 Å². The van der Waals surface area contributed by atoms with Gasteiger partial charge in [-0.2, -0.15) is 0 Å². The standard InChI is InChI=1S/C15H20FN3O/c1-17-7-6-14-15(11-20)19(9-8-18-14)10-12-2-4-13(16)5-3-12/h2-5,14,17-18H,6-10H2,1H3. The van der Waals surface area contributed by atoms with Gasteiger partial charge in [0, 0.05) is 19.6 Å². The Labute approximate surface area is 118 Å². The van der Waals surface area contributed by atoms with Gasteiger partial charge in [-0.05, 0) is 37.7 Å². The molecule has 1 saturated heterocycles. The van der Waals surface area contributed by atoms with Crippen LogP contribution in [0.5, 0.6) is 0 Å². The normalized spacial score (nSPS) is 19.0. The maximum absolute atomic E-state index is 12.9. The first-order chi connectivity index (χ1) is 9.74. The second-order valence-corrected chi connectivity index (χ2v) is 4.93. The van der Waals surface area contributed by atoms with Crippen molar-refractivity contribution in [3.63, 3.8) is 0 Å². The SMILES string of the molecule is CNCCC1NCCN(Cc2ccc(F)cc2)C1=C=O. The number of hydrogen-bond acceptors (Lipinski definition) is 4. The van der Waals surface area contributed by atoms with Crippen molar-refractivity contribution >= 4 is 5.94 Å². The van der Waals surface area contributed by atoms with Gasteiger partial charge in [0.2, 0.25) is 0 Å². The number of nitrogens with zero attached hydrogens (tertiary/aromatic N) is 1. The fourth-order valence-electron chi connectivity index (χ4n) is 2.45. The van der Waals surface area contributed by atoms with Crippen molar-refractivity contribution in [2.75, 3.05) is 26.7 Å². The zero-order valence-electron chi connectivity index (χ0n) is 11.7. The average molecular weight is 277 g/mol. The highest BCUT2D eigenvalue weighted by atomic mass is 19.1. The highest BCUT2D eigenvalue weighted by molar-refractivity contribution is 5.54. The summed E-state index contributed by atoms with van der Waals surface area (Å²) in [5.74, 6) is 1.83. The largest absolute Gasteiger partial charge is 0.359 e. The molecule has 4 nitrogen and oxygen atoms in total. The van der Waals surface area contributed by atoms with Gasteiger partial charge >= 0.3 is 0 Å². The number of nitrogens with one attached hydrogen (secondary N) is 2. The maximum atomic E-state index is 12.9. The van der Waals surface area contributed by atoms with Crippen LogP contribution in [0.2, 0.25) is 0 Å². The topological polar surface area (TPSA) is 44.4 Å². The van der Waals surface area contributed by atoms with E-state index < -0.39 is 0 Å². The Morgan fingerprint density at radius 2 is 2.20 bits per heavy atom. The minimum atomic E-state index is -0.243. The number of carbonyl (C=O) groups excluding carboxylic acids is 1. The van der Waals surface area contributed by atoms with Crippen molar-refractivity contribution in [3.8, 4) is 0 Å². The van der Waals surface area contributed by atoms with E-state index in [1.807, 2.05) is 11.9 Å². The number of benzene rings is 1. The summed E-state index contributed by atoms with van der Waals surface area (Å²) in [4.78, 5) is 13.3. The summed E-state index contributed by atoms with van der Waals surface area (Å²) >= 11 is 0. The van der Waals surface area contributed by atoms with E-state index >= 15 is 0 Å². The molecular formula is C15H20FN3O. The molecule has 5 heteroatoms. The Bertz CT molecular complexity index is 482. The fraction of sp³-hybridized carbons (Fsp3) is 0.467. The van der Waals surface area contributed by atoms with Crippen LogP contribution in [0, 0.1) is 5.82 Å². The Morgan fingerprint density at radius 1 is 1.45 bits per heavy atom. The van der Waals surface area contributed by atoms with Gasteiger partial charge in [-0.1, -0.05) is 12.1 Å². The van der Waals surface area contributed by atoms with Crippen LogP contribution in [0.15, 0.2) is 30.0 Å². The molecule has 1 aliphatic rings. The summed E-state index contributed by atoms with van der Waals surface area (Å²) in [6, 6.07) is 6.43. The van der Waals surface area contributed by atoms with Crippen LogP contribution in [0.4, 0.5) is 4.39 Å². The maximum Gasteiger partial charge on any atom is 0.147 e. The molecule has 0 aliphatic carbocycles. The van der Waals surface area contributed by atoms with E-state index in [0.717, 1.165) is 31.6 Å². The molecule has 108 valence electrons. The van der Waals surface area contributed by atoms with E-state index in [4.69, 9.17) is 0 Å². The monoisotopic (exact) mass is 277 g/mol. The van der Waals surface area contributed by atoms with E-state index in [1.165, 1.54) is 12.1 Å². The van der Waals surface area contributed by atoms with Gasteiger partial charge in [0.05, 0.1) is 6.04 Å². The predicted octanol–water partition coefficient (Wildman–Crippen LogP) is 0.925. The second-order valence-electron chi connectivity index (χ2n) is 4.93. The molecular weight excluding hydrogens is 257 g/mol. The summed E-state index contributed by atoms with van der Waals surface area (Å²) < 4.78 is 12.9. The first kappa shape index (κ1) is 14.7. The van der Waals surface area contributed by atoms with Gasteiger partial charge in [0.1, 0.15) is 17.5 Å². The lowest BCUT2D eigenvalue weighted by Crippen LogP contribution is -2.49. The van der Waals surface area contributed by atoms with E-state index in [9.17, 15) is 9.18 Å². The van der Waals surface area contributed by atoms with E-state index in [-0.39, 0.29) is 11.9 Å². The van der Waals surface area contributed by atoms with Crippen molar-refractivity contribution in [2.45, 2.75) is 19.0 Å². The van der Waals surface area contributed by atoms with E-state index in [0.29, 0.717) is 12.2 Å². The molecule has 0 bridgehead atoms. The van der Waals surface area contributed by atoms with Crippen LogP contribution in [0.1, 0.15) is 12.0 Å². The Morgan fingerprint density at radius 3 is 2.85 bits per heavy atom. The molecule has 0 spiro atoms. The highest BCUT2D eigenvalue weighted by Crippen LogP contribution is 2.17. The minimum absolute atomic E-state index is 0.0362. The van der Waals surface area contributed by atoms with Crippen molar-refractivity contribution in [3.05, 3.63) is 41.3 Å². The van der Waals surface area contributed by atoms with Crippen molar-refractivity contribution in [2.24, 2.45) is 0 Å². The molecule has 2 N–H and O–H groups in total. The van der Waals surface area contributed by atoms with Crippen LogP contribution < -0.4 is 10.6 Å². The molecule has 1 atom stereocenters. The minimum Gasteiger partial charge on any atom is -0.359 e. The summed E-state index contributed by atoms with van der Waals surface area (Å²) in [7, 11) is 1.89. The number of rotatable bonds is 5. The van der Waals surface area contributed by atoms with Gasteiger partial charge in [-0.3, -0.25) is 0 Å². The number of halogens is 1. The van der Waals surface area contributed by atoms with Gasteiger partial charge < -0.3 is 15.5 Å². The molecule has 1 heterocycles. The Hall–Kier alpha value is -1.68. The molecule has 1 aliphatic heterocycles. The van der Waals surface area contributed by atoms with Crippen LogP contribution in [0.3, 0.4) is 0 Å². The fourth-order valence-corrected chi connectivity index (χ4v) is 2.45. The van der Waals surface area contributed by atoms with Gasteiger partial charge in [0.25, 0.3) is 0 Å². The summed E-state index contributed by atoms with van der Waals surface area (Å²) in [6.07, 6.45) is 0.848. The lowest BCUT2D eigenvalue weighted by Gasteiger charge is -2.35. The van der Waals surface area contributed by atoms with E-state index in [2.05, 4.69) is 16.6 Å².